The number of hydrogen-bond acceptors (Lipinski definition) is 3. The van der Waals surface area contributed by atoms with E-state index in [4.69, 9.17) is 0 Å². The number of likely N-dealkylation sites (N-methyl/N-ethyl adjacent to an activating group) is 1. The van der Waals surface area contributed by atoms with Crippen molar-refractivity contribution < 1.29 is 9.53 Å². The normalized spacial score (nSPS) is 10.4. The zero-order valence-corrected chi connectivity index (χ0v) is 9.98. The van der Waals surface area contributed by atoms with E-state index in [-0.39, 0.29) is 5.97 Å². The lowest BCUT2D eigenvalue weighted by Gasteiger charge is -2.18. The van der Waals surface area contributed by atoms with Crippen LogP contribution in [0.4, 0.5) is 0 Å². The third-order valence-electron chi connectivity index (χ3n) is 2.59. The van der Waals surface area contributed by atoms with Crippen LogP contribution in [0.2, 0.25) is 0 Å². The summed E-state index contributed by atoms with van der Waals surface area (Å²) in [4.78, 5) is 13.2. The highest BCUT2D eigenvalue weighted by molar-refractivity contribution is 5.71. The molecule has 0 N–H and O–H groups in total. The van der Waals surface area contributed by atoms with Crippen LogP contribution in [-0.2, 0) is 16.0 Å². The summed E-state index contributed by atoms with van der Waals surface area (Å²) >= 11 is 0. The molecule has 3 nitrogen and oxygen atoms in total. The van der Waals surface area contributed by atoms with Gasteiger partial charge in [0.15, 0.2) is 0 Å². The van der Waals surface area contributed by atoms with Crippen LogP contribution in [0.5, 0.6) is 0 Å². The molecule has 0 aromatic heterocycles. The monoisotopic (exact) mass is 221 g/mol. The van der Waals surface area contributed by atoms with Crippen molar-refractivity contribution in [2.45, 2.75) is 13.3 Å². The Labute approximate surface area is 97.0 Å². The van der Waals surface area contributed by atoms with E-state index in [9.17, 15) is 4.79 Å². The zero-order valence-electron chi connectivity index (χ0n) is 9.98. The van der Waals surface area contributed by atoms with E-state index in [1.54, 1.807) is 0 Å². The molecule has 0 aliphatic heterocycles. The Morgan fingerprint density at radius 1 is 1.31 bits per heavy atom. The highest BCUT2D eigenvalue weighted by atomic mass is 16.5. The number of esters is 1. The van der Waals surface area contributed by atoms with Crippen LogP contribution in [0.1, 0.15) is 12.5 Å². The van der Waals surface area contributed by atoms with Crippen LogP contribution in [0.15, 0.2) is 30.3 Å². The molecule has 0 amide bonds. The SMILES string of the molecule is CCN(CCc1ccccc1)CC(=O)OC. The summed E-state index contributed by atoms with van der Waals surface area (Å²) in [6.07, 6.45) is 0.964. The van der Waals surface area contributed by atoms with Crippen molar-refractivity contribution in [2.75, 3.05) is 26.7 Å². The number of carbonyl (C=O) groups excluding carboxylic acids is 1. The molecule has 0 spiro atoms. The smallest absolute Gasteiger partial charge is 0.319 e. The van der Waals surface area contributed by atoms with Crippen LogP contribution in [-0.4, -0.2) is 37.6 Å². The Balaban J connectivity index is 2.37. The van der Waals surface area contributed by atoms with Gasteiger partial charge in [0.05, 0.1) is 13.7 Å². The van der Waals surface area contributed by atoms with Gasteiger partial charge in [-0.05, 0) is 18.5 Å². The molecule has 1 aromatic rings. The maximum atomic E-state index is 11.1. The van der Waals surface area contributed by atoms with Gasteiger partial charge in [-0.3, -0.25) is 9.69 Å². The Bertz CT molecular complexity index is 311. The number of hydrogen-bond donors (Lipinski definition) is 0. The molecule has 0 fully saturated rings. The minimum atomic E-state index is -0.171. The first-order chi connectivity index (χ1) is 7.76. The molecule has 16 heavy (non-hydrogen) atoms. The van der Waals surface area contributed by atoms with Gasteiger partial charge in [0.25, 0.3) is 0 Å². The molecule has 1 aromatic carbocycles. The molecule has 0 aliphatic carbocycles. The summed E-state index contributed by atoms with van der Waals surface area (Å²) in [6.45, 7) is 4.17. The number of methoxy groups -OCH3 is 1. The first-order valence-corrected chi connectivity index (χ1v) is 5.59. The standard InChI is InChI=1S/C13H19NO2/c1-3-14(11-13(15)16-2)10-9-12-7-5-4-6-8-12/h4-8H,3,9-11H2,1-2H3. The van der Waals surface area contributed by atoms with Gasteiger partial charge >= 0.3 is 5.97 Å². The molecular formula is C13H19NO2. The molecule has 3 heteroatoms. The lowest BCUT2D eigenvalue weighted by molar-refractivity contribution is -0.141. The maximum absolute atomic E-state index is 11.1. The quantitative estimate of drug-likeness (QED) is 0.685. The van der Waals surface area contributed by atoms with Gasteiger partial charge in [-0.2, -0.15) is 0 Å². The summed E-state index contributed by atoms with van der Waals surface area (Å²) < 4.78 is 4.65. The number of nitrogens with zero attached hydrogens (tertiary/aromatic N) is 1. The van der Waals surface area contributed by atoms with Gasteiger partial charge in [-0.25, -0.2) is 0 Å². The number of carbonyl (C=O) groups is 1. The highest BCUT2D eigenvalue weighted by Gasteiger charge is 2.08. The van der Waals surface area contributed by atoms with Crippen LogP contribution < -0.4 is 0 Å². The minimum absolute atomic E-state index is 0.171. The lowest BCUT2D eigenvalue weighted by atomic mass is 10.1. The molecule has 0 saturated heterocycles. The fourth-order valence-corrected chi connectivity index (χ4v) is 1.53. The van der Waals surface area contributed by atoms with Crippen molar-refractivity contribution >= 4 is 5.97 Å². The summed E-state index contributed by atoms with van der Waals surface area (Å²) in [5.74, 6) is -0.171. The predicted molar refractivity (Wildman–Crippen MR) is 64.3 cm³/mol. The Morgan fingerprint density at radius 2 is 2.00 bits per heavy atom. The number of rotatable bonds is 6. The third-order valence-corrected chi connectivity index (χ3v) is 2.59. The fraction of sp³-hybridized carbons (Fsp3) is 0.462. The Morgan fingerprint density at radius 3 is 2.56 bits per heavy atom. The van der Waals surface area contributed by atoms with E-state index < -0.39 is 0 Å². The number of ether oxygens (including phenoxy) is 1. The first-order valence-electron chi connectivity index (χ1n) is 5.59. The zero-order chi connectivity index (χ0) is 11.8. The molecule has 0 aliphatic rings. The van der Waals surface area contributed by atoms with Crippen LogP contribution in [0, 0.1) is 0 Å². The van der Waals surface area contributed by atoms with E-state index in [2.05, 4.69) is 21.8 Å². The first kappa shape index (κ1) is 12.7. The molecule has 0 saturated carbocycles. The van der Waals surface area contributed by atoms with E-state index in [1.807, 2.05) is 25.1 Å². The largest absolute Gasteiger partial charge is 0.468 e. The third kappa shape index (κ3) is 4.45. The van der Waals surface area contributed by atoms with Gasteiger partial charge in [0.2, 0.25) is 0 Å². The minimum Gasteiger partial charge on any atom is -0.468 e. The molecular weight excluding hydrogens is 202 g/mol. The van der Waals surface area contributed by atoms with E-state index in [0.717, 1.165) is 19.5 Å². The summed E-state index contributed by atoms with van der Waals surface area (Å²) in [6, 6.07) is 10.3. The molecule has 0 unspecified atom stereocenters. The van der Waals surface area contributed by atoms with Crippen molar-refractivity contribution in [3.63, 3.8) is 0 Å². The Hall–Kier alpha value is -1.35. The average Bonchev–Trinajstić information content (AvgIpc) is 2.35. The second-order valence-corrected chi connectivity index (χ2v) is 3.68. The second-order valence-electron chi connectivity index (χ2n) is 3.68. The average molecular weight is 221 g/mol. The molecule has 1 rings (SSSR count). The van der Waals surface area contributed by atoms with E-state index >= 15 is 0 Å². The van der Waals surface area contributed by atoms with Crippen LogP contribution in [0.3, 0.4) is 0 Å². The van der Waals surface area contributed by atoms with E-state index in [1.165, 1.54) is 12.7 Å². The fourth-order valence-electron chi connectivity index (χ4n) is 1.53. The van der Waals surface area contributed by atoms with Gasteiger partial charge < -0.3 is 4.74 Å². The van der Waals surface area contributed by atoms with Crippen molar-refractivity contribution in [2.24, 2.45) is 0 Å². The topological polar surface area (TPSA) is 29.5 Å². The van der Waals surface area contributed by atoms with Crippen molar-refractivity contribution in [1.29, 1.82) is 0 Å². The molecule has 0 radical (unpaired) electrons. The van der Waals surface area contributed by atoms with E-state index in [0.29, 0.717) is 6.54 Å². The van der Waals surface area contributed by atoms with Gasteiger partial charge in [0, 0.05) is 6.54 Å². The molecule has 0 bridgehead atoms. The maximum Gasteiger partial charge on any atom is 0.319 e. The van der Waals surface area contributed by atoms with Crippen molar-refractivity contribution in [1.82, 2.24) is 4.90 Å². The Kier molecular flexibility index (Phi) is 5.57. The highest BCUT2D eigenvalue weighted by Crippen LogP contribution is 2.01. The summed E-state index contributed by atoms with van der Waals surface area (Å²) in [5.41, 5.74) is 1.30. The summed E-state index contributed by atoms with van der Waals surface area (Å²) in [7, 11) is 1.42. The van der Waals surface area contributed by atoms with Crippen LogP contribution in [0.25, 0.3) is 0 Å². The van der Waals surface area contributed by atoms with Gasteiger partial charge in [-0.15, -0.1) is 0 Å². The van der Waals surface area contributed by atoms with Crippen LogP contribution >= 0.6 is 0 Å². The second kappa shape index (κ2) is 7.01. The van der Waals surface area contributed by atoms with Gasteiger partial charge in [-0.1, -0.05) is 37.3 Å². The van der Waals surface area contributed by atoms with Gasteiger partial charge in [0.1, 0.15) is 0 Å². The molecule has 0 atom stereocenters. The predicted octanol–water partition coefficient (Wildman–Crippen LogP) is 1.72. The van der Waals surface area contributed by atoms with Crippen molar-refractivity contribution in [3.05, 3.63) is 35.9 Å². The molecule has 0 heterocycles. The lowest BCUT2D eigenvalue weighted by Crippen LogP contribution is -2.32. The molecule has 88 valence electrons. The van der Waals surface area contributed by atoms with Crippen molar-refractivity contribution in [3.8, 4) is 0 Å². The number of benzene rings is 1. The summed E-state index contributed by atoms with van der Waals surface area (Å²) in [5, 5.41) is 0.